The first-order chi connectivity index (χ1) is 10.6. The lowest BCUT2D eigenvalue weighted by molar-refractivity contribution is 0.0946. The second-order valence-corrected chi connectivity index (χ2v) is 5.35. The molecule has 116 valence electrons. The van der Waals surface area contributed by atoms with Gasteiger partial charge < -0.3 is 15.5 Å². The lowest BCUT2D eigenvalue weighted by Gasteiger charge is -2.17. The molecule has 0 heterocycles. The lowest BCUT2D eigenvalue weighted by Crippen LogP contribution is -2.29. The van der Waals surface area contributed by atoms with Crippen molar-refractivity contribution in [2.24, 2.45) is 0 Å². The summed E-state index contributed by atoms with van der Waals surface area (Å²) < 4.78 is 0. The van der Waals surface area contributed by atoms with E-state index in [4.69, 9.17) is 0 Å². The normalized spacial score (nSPS) is 11.9. The van der Waals surface area contributed by atoms with E-state index in [-0.39, 0.29) is 29.7 Å². The average molecular weight is 299 g/mol. The highest BCUT2D eigenvalue weighted by molar-refractivity contribution is 5.96. The molecule has 4 heteroatoms. The maximum Gasteiger partial charge on any atom is 0.255 e. The van der Waals surface area contributed by atoms with Crippen LogP contribution < -0.4 is 5.32 Å². The van der Waals surface area contributed by atoms with Crippen LogP contribution in [0.2, 0.25) is 0 Å². The summed E-state index contributed by atoms with van der Waals surface area (Å²) in [6.45, 7) is 2.33. The number of phenolic OH excluding ortho intramolecular Hbond substituents is 1. The van der Waals surface area contributed by atoms with Crippen LogP contribution in [-0.2, 0) is 0 Å². The lowest BCUT2D eigenvalue weighted by atomic mass is 9.96. The van der Waals surface area contributed by atoms with E-state index in [1.54, 1.807) is 18.2 Å². The smallest absolute Gasteiger partial charge is 0.255 e. The minimum Gasteiger partial charge on any atom is -0.507 e. The van der Waals surface area contributed by atoms with E-state index in [2.05, 4.69) is 5.32 Å². The topological polar surface area (TPSA) is 69.6 Å². The minimum atomic E-state index is -0.309. The van der Waals surface area contributed by atoms with Gasteiger partial charge in [-0.25, -0.2) is 0 Å². The SMILES string of the molecule is Cc1ccc(C(=O)NCC(CCO)c2ccccc2)c(O)c1. The number of aromatic hydroxyl groups is 1. The molecular formula is C18H21NO3. The van der Waals surface area contributed by atoms with Gasteiger partial charge in [-0.2, -0.15) is 0 Å². The van der Waals surface area contributed by atoms with Crippen LogP contribution in [0, 0.1) is 6.92 Å². The standard InChI is InChI=1S/C18H21NO3/c1-13-7-8-16(17(21)11-13)18(22)19-12-15(9-10-20)14-5-3-2-4-6-14/h2-8,11,15,20-21H,9-10,12H2,1H3,(H,19,22). The fourth-order valence-corrected chi connectivity index (χ4v) is 2.41. The van der Waals surface area contributed by atoms with E-state index < -0.39 is 0 Å². The zero-order valence-electron chi connectivity index (χ0n) is 12.6. The zero-order valence-corrected chi connectivity index (χ0v) is 12.6. The van der Waals surface area contributed by atoms with Crippen LogP contribution in [0.15, 0.2) is 48.5 Å². The monoisotopic (exact) mass is 299 g/mol. The van der Waals surface area contributed by atoms with Crippen molar-refractivity contribution in [3.05, 3.63) is 65.2 Å². The number of carbonyl (C=O) groups excluding carboxylic acids is 1. The molecule has 2 rings (SSSR count). The Kier molecular flexibility index (Phi) is 5.55. The van der Waals surface area contributed by atoms with Crippen LogP contribution in [0.4, 0.5) is 0 Å². The first-order valence-electron chi connectivity index (χ1n) is 7.35. The molecular weight excluding hydrogens is 278 g/mol. The summed E-state index contributed by atoms with van der Waals surface area (Å²) in [5, 5.41) is 21.9. The number of aryl methyl sites for hydroxylation is 1. The Morgan fingerprint density at radius 2 is 1.91 bits per heavy atom. The molecule has 0 aromatic heterocycles. The van der Waals surface area contributed by atoms with E-state index >= 15 is 0 Å². The molecule has 0 saturated carbocycles. The molecule has 1 amide bonds. The van der Waals surface area contributed by atoms with Gasteiger partial charge in [-0.15, -0.1) is 0 Å². The molecule has 22 heavy (non-hydrogen) atoms. The van der Waals surface area contributed by atoms with Gasteiger partial charge in [0.05, 0.1) is 5.56 Å². The molecule has 1 atom stereocenters. The van der Waals surface area contributed by atoms with E-state index in [1.807, 2.05) is 37.3 Å². The Morgan fingerprint density at radius 1 is 1.18 bits per heavy atom. The maximum atomic E-state index is 12.2. The molecule has 2 aromatic carbocycles. The number of aliphatic hydroxyl groups excluding tert-OH is 1. The van der Waals surface area contributed by atoms with Gasteiger partial charge in [0.1, 0.15) is 5.75 Å². The van der Waals surface area contributed by atoms with Crippen molar-refractivity contribution in [3.63, 3.8) is 0 Å². The molecule has 2 aromatic rings. The van der Waals surface area contributed by atoms with Crippen LogP contribution in [-0.4, -0.2) is 29.3 Å². The van der Waals surface area contributed by atoms with Crippen molar-refractivity contribution in [2.45, 2.75) is 19.3 Å². The molecule has 3 N–H and O–H groups in total. The highest BCUT2D eigenvalue weighted by Crippen LogP contribution is 2.20. The molecule has 4 nitrogen and oxygen atoms in total. The predicted molar refractivity (Wildman–Crippen MR) is 86.1 cm³/mol. The highest BCUT2D eigenvalue weighted by atomic mass is 16.3. The first kappa shape index (κ1) is 16.0. The van der Waals surface area contributed by atoms with Gasteiger partial charge in [0.25, 0.3) is 5.91 Å². The van der Waals surface area contributed by atoms with Gasteiger partial charge in [-0.1, -0.05) is 36.4 Å². The van der Waals surface area contributed by atoms with Crippen molar-refractivity contribution in [1.82, 2.24) is 5.32 Å². The largest absolute Gasteiger partial charge is 0.507 e. The summed E-state index contributed by atoms with van der Waals surface area (Å²) in [6.07, 6.45) is 0.574. The van der Waals surface area contributed by atoms with Gasteiger partial charge in [0.15, 0.2) is 0 Å². The Morgan fingerprint density at radius 3 is 2.55 bits per heavy atom. The number of carbonyl (C=O) groups is 1. The second kappa shape index (κ2) is 7.61. The van der Waals surface area contributed by atoms with Crippen LogP contribution in [0.1, 0.15) is 33.8 Å². The number of rotatable bonds is 6. The van der Waals surface area contributed by atoms with Gasteiger partial charge in [0, 0.05) is 19.1 Å². The fourth-order valence-electron chi connectivity index (χ4n) is 2.41. The minimum absolute atomic E-state index is 0.0177. The summed E-state index contributed by atoms with van der Waals surface area (Å²) >= 11 is 0. The van der Waals surface area contributed by atoms with Gasteiger partial charge in [-0.3, -0.25) is 4.79 Å². The van der Waals surface area contributed by atoms with E-state index in [0.29, 0.717) is 13.0 Å². The van der Waals surface area contributed by atoms with Crippen LogP contribution in [0.3, 0.4) is 0 Å². The Bertz CT molecular complexity index is 625. The summed E-state index contributed by atoms with van der Waals surface area (Å²) in [6, 6.07) is 14.7. The maximum absolute atomic E-state index is 12.2. The first-order valence-corrected chi connectivity index (χ1v) is 7.35. The fraction of sp³-hybridized carbons (Fsp3) is 0.278. The molecule has 0 aliphatic heterocycles. The summed E-state index contributed by atoms with van der Waals surface area (Å²) in [7, 11) is 0. The Labute approximate surface area is 130 Å². The van der Waals surface area contributed by atoms with Crippen molar-refractivity contribution in [1.29, 1.82) is 0 Å². The van der Waals surface area contributed by atoms with Gasteiger partial charge in [-0.05, 0) is 36.6 Å². The number of amides is 1. The van der Waals surface area contributed by atoms with Crippen molar-refractivity contribution in [2.75, 3.05) is 13.2 Å². The van der Waals surface area contributed by atoms with Gasteiger partial charge >= 0.3 is 0 Å². The molecule has 0 bridgehead atoms. The Hall–Kier alpha value is -2.33. The number of phenols is 1. The van der Waals surface area contributed by atoms with E-state index in [9.17, 15) is 15.0 Å². The third-order valence-electron chi connectivity index (χ3n) is 3.66. The number of hydrogen-bond acceptors (Lipinski definition) is 3. The number of nitrogens with one attached hydrogen (secondary N) is 1. The Balaban J connectivity index is 2.04. The molecule has 0 aliphatic rings. The van der Waals surface area contributed by atoms with E-state index in [1.165, 1.54) is 0 Å². The van der Waals surface area contributed by atoms with Crippen LogP contribution in [0.25, 0.3) is 0 Å². The molecule has 0 spiro atoms. The second-order valence-electron chi connectivity index (χ2n) is 5.35. The van der Waals surface area contributed by atoms with Crippen molar-refractivity contribution < 1.29 is 15.0 Å². The highest BCUT2D eigenvalue weighted by Gasteiger charge is 2.15. The third kappa shape index (κ3) is 4.09. The summed E-state index contributed by atoms with van der Waals surface area (Å²) in [5.74, 6) is -0.282. The van der Waals surface area contributed by atoms with E-state index in [0.717, 1.165) is 11.1 Å². The summed E-state index contributed by atoms with van der Waals surface area (Å²) in [4.78, 5) is 12.2. The number of hydrogen-bond donors (Lipinski definition) is 3. The van der Waals surface area contributed by atoms with Crippen LogP contribution in [0.5, 0.6) is 5.75 Å². The molecule has 0 fully saturated rings. The quantitative estimate of drug-likeness (QED) is 0.768. The molecule has 1 unspecified atom stereocenters. The third-order valence-corrected chi connectivity index (χ3v) is 3.66. The molecule has 0 aliphatic carbocycles. The summed E-state index contributed by atoms with van der Waals surface area (Å²) in [5.41, 5.74) is 2.24. The van der Waals surface area contributed by atoms with Crippen LogP contribution >= 0.6 is 0 Å². The number of benzene rings is 2. The van der Waals surface area contributed by atoms with Gasteiger partial charge in [0.2, 0.25) is 0 Å². The molecule has 0 saturated heterocycles. The van der Waals surface area contributed by atoms with Crippen molar-refractivity contribution in [3.8, 4) is 5.75 Å². The number of aliphatic hydroxyl groups is 1. The van der Waals surface area contributed by atoms with Crippen molar-refractivity contribution >= 4 is 5.91 Å². The molecule has 0 radical (unpaired) electrons. The zero-order chi connectivity index (χ0) is 15.9. The predicted octanol–water partition coefficient (Wildman–Crippen LogP) is 2.60. The average Bonchev–Trinajstić information content (AvgIpc) is 2.52.